The summed E-state index contributed by atoms with van der Waals surface area (Å²) in [6.07, 6.45) is 1.80. The summed E-state index contributed by atoms with van der Waals surface area (Å²) in [5, 5.41) is 9.26. The highest BCUT2D eigenvalue weighted by Gasteiger charge is 1.99. The van der Waals surface area contributed by atoms with Crippen LogP contribution in [-0.4, -0.2) is 22.5 Å². The van der Waals surface area contributed by atoms with Crippen molar-refractivity contribution in [1.82, 2.24) is 4.98 Å². The van der Waals surface area contributed by atoms with Gasteiger partial charge in [-0.15, -0.1) is 11.3 Å². The summed E-state index contributed by atoms with van der Waals surface area (Å²) in [6, 6.07) is 0. The van der Waals surface area contributed by atoms with Gasteiger partial charge in [0.1, 0.15) is 0 Å². The third-order valence-electron chi connectivity index (χ3n) is 1.16. The number of rotatable bonds is 5. The molecule has 0 aliphatic heterocycles. The molecule has 0 aliphatic rings. The summed E-state index contributed by atoms with van der Waals surface area (Å²) in [4.78, 5) is 5.19. The van der Waals surface area contributed by atoms with Crippen LogP contribution < -0.4 is 11.3 Å². The molecule has 0 amide bonds. The Bertz CT molecular complexity index is 228. The van der Waals surface area contributed by atoms with Gasteiger partial charge in [-0.2, -0.15) is 11.8 Å². The van der Waals surface area contributed by atoms with Crippen molar-refractivity contribution in [3.63, 3.8) is 0 Å². The summed E-state index contributed by atoms with van der Waals surface area (Å²) in [6.45, 7) is 0.228. The van der Waals surface area contributed by atoms with Crippen LogP contribution in [0.25, 0.3) is 0 Å². The Kier molecular flexibility index (Phi) is 4.37. The highest BCUT2D eigenvalue weighted by atomic mass is 32.2. The Hall–Kier alpha value is -0.300. The number of thiazole rings is 1. The first kappa shape index (κ1) is 9.79. The minimum Gasteiger partial charge on any atom is -0.396 e. The molecular weight excluding hydrogens is 194 g/mol. The van der Waals surface area contributed by atoms with E-state index in [2.05, 4.69) is 10.4 Å². The molecule has 4 nitrogen and oxygen atoms in total. The SMILES string of the molecule is NNc1ncc(CSCCO)s1. The second-order valence-corrected chi connectivity index (χ2v) is 4.27. The predicted molar refractivity (Wildman–Crippen MR) is 53.2 cm³/mol. The first-order valence-corrected chi connectivity index (χ1v) is 5.44. The molecule has 68 valence electrons. The van der Waals surface area contributed by atoms with Gasteiger partial charge in [-0.3, -0.25) is 5.43 Å². The average Bonchev–Trinajstić information content (AvgIpc) is 2.53. The molecule has 1 aromatic rings. The third-order valence-corrected chi connectivity index (χ3v) is 3.25. The topological polar surface area (TPSA) is 71.2 Å². The molecule has 0 bridgehead atoms. The second kappa shape index (κ2) is 5.36. The highest BCUT2D eigenvalue weighted by molar-refractivity contribution is 7.98. The number of nitrogens with zero attached hydrogens (tertiary/aromatic N) is 1. The minimum absolute atomic E-state index is 0.228. The molecule has 0 saturated carbocycles. The number of thioether (sulfide) groups is 1. The van der Waals surface area contributed by atoms with E-state index in [-0.39, 0.29) is 6.61 Å². The lowest BCUT2D eigenvalue weighted by Crippen LogP contribution is -2.05. The van der Waals surface area contributed by atoms with Crippen LogP contribution in [0.15, 0.2) is 6.20 Å². The number of aliphatic hydroxyl groups excluding tert-OH is 1. The van der Waals surface area contributed by atoms with Crippen molar-refractivity contribution in [3.05, 3.63) is 11.1 Å². The van der Waals surface area contributed by atoms with Crippen molar-refractivity contribution in [2.24, 2.45) is 5.84 Å². The molecule has 0 radical (unpaired) electrons. The van der Waals surface area contributed by atoms with Crippen LogP contribution in [0.4, 0.5) is 5.13 Å². The second-order valence-electron chi connectivity index (χ2n) is 2.05. The first-order chi connectivity index (χ1) is 5.86. The lowest BCUT2D eigenvalue weighted by atomic mass is 10.6. The molecule has 1 heterocycles. The van der Waals surface area contributed by atoms with Gasteiger partial charge in [-0.05, 0) is 0 Å². The molecule has 0 spiro atoms. The number of anilines is 1. The van der Waals surface area contributed by atoms with E-state index in [0.717, 1.165) is 16.6 Å². The molecule has 12 heavy (non-hydrogen) atoms. The largest absolute Gasteiger partial charge is 0.396 e. The lowest BCUT2D eigenvalue weighted by Gasteiger charge is -1.93. The summed E-state index contributed by atoms with van der Waals surface area (Å²) < 4.78 is 0. The van der Waals surface area contributed by atoms with Crippen LogP contribution in [0, 0.1) is 0 Å². The lowest BCUT2D eigenvalue weighted by molar-refractivity contribution is 0.322. The Morgan fingerprint density at radius 2 is 2.58 bits per heavy atom. The third kappa shape index (κ3) is 2.98. The number of hydrogen-bond donors (Lipinski definition) is 3. The van der Waals surface area contributed by atoms with Gasteiger partial charge in [-0.25, -0.2) is 10.8 Å². The smallest absolute Gasteiger partial charge is 0.197 e. The molecule has 0 atom stereocenters. The molecule has 0 aliphatic carbocycles. The Labute approximate surface area is 79.2 Å². The van der Waals surface area contributed by atoms with E-state index in [4.69, 9.17) is 10.9 Å². The molecule has 6 heteroatoms. The van der Waals surface area contributed by atoms with Crippen LogP contribution in [0.5, 0.6) is 0 Å². The zero-order chi connectivity index (χ0) is 8.81. The maximum atomic E-state index is 8.53. The molecular formula is C6H11N3OS2. The van der Waals surface area contributed by atoms with Crippen molar-refractivity contribution in [2.45, 2.75) is 5.75 Å². The highest BCUT2D eigenvalue weighted by Crippen LogP contribution is 2.21. The van der Waals surface area contributed by atoms with Crippen LogP contribution in [0.1, 0.15) is 4.88 Å². The maximum Gasteiger partial charge on any atom is 0.197 e. The minimum atomic E-state index is 0.228. The van der Waals surface area contributed by atoms with Gasteiger partial charge in [0.15, 0.2) is 5.13 Å². The molecule has 0 fully saturated rings. The Morgan fingerprint density at radius 3 is 3.17 bits per heavy atom. The Morgan fingerprint density at radius 1 is 1.75 bits per heavy atom. The van der Waals surface area contributed by atoms with Crippen LogP contribution >= 0.6 is 23.1 Å². The monoisotopic (exact) mass is 205 g/mol. The molecule has 0 aromatic carbocycles. The number of aromatic nitrogens is 1. The number of aliphatic hydroxyl groups is 1. The van der Waals surface area contributed by atoms with Crippen LogP contribution in [0.3, 0.4) is 0 Å². The molecule has 4 N–H and O–H groups in total. The van der Waals surface area contributed by atoms with E-state index in [0.29, 0.717) is 0 Å². The fourth-order valence-electron chi connectivity index (χ4n) is 0.678. The van der Waals surface area contributed by atoms with Gasteiger partial charge in [0.05, 0.1) is 6.61 Å². The van der Waals surface area contributed by atoms with Crippen LogP contribution in [0.2, 0.25) is 0 Å². The van der Waals surface area contributed by atoms with E-state index >= 15 is 0 Å². The predicted octanol–water partition coefficient (Wildman–Crippen LogP) is 0.654. The van der Waals surface area contributed by atoms with Crippen molar-refractivity contribution in [1.29, 1.82) is 0 Å². The molecule has 1 aromatic heterocycles. The fourth-order valence-corrected chi connectivity index (χ4v) is 2.23. The van der Waals surface area contributed by atoms with Crippen molar-refractivity contribution < 1.29 is 5.11 Å². The quantitative estimate of drug-likeness (QED) is 0.374. The van der Waals surface area contributed by atoms with Gasteiger partial charge in [-0.1, -0.05) is 0 Å². The van der Waals surface area contributed by atoms with Crippen molar-refractivity contribution in [3.8, 4) is 0 Å². The zero-order valence-corrected chi connectivity index (χ0v) is 8.12. The normalized spacial score (nSPS) is 10.2. The summed E-state index contributed by atoms with van der Waals surface area (Å²) >= 11 is 3.22. The van der Waals surface area contributed by atoms with Gasteiger partial charge in [0.25, 0.3) is 0 Å². The van der Waals surface area contributed by atoms with E-state index in [9.17, 15) is 0 Å². The average molecular weight is 205 g/mol. The van der Waals surface area contributed by atoms with Crippen LogP contribution in [-0.2, 0) is 5.75 Å². The van der Waals surface area contributed by atoms with E-state index in [1.165, 1.54) is 16.2 Å². The summed E-state index contributed by atoms with van der Waals surface area (Å²) in [5.74, 6) is 6.83. The zero-order valence-electron chi connectivity index (χ0n) is 6.49. The number of nitrogen functional groups attached to an aromatic ring is 1. The van der Waals surface area contributed by atoms with Crippen molar-refractivity contribution >= 4 is 28.2 Å². The number of nitrogens with two attached hydrogens (primary N) is 1. The van der Waals surface area contributed by atoms with E-state index in [1.807, 2.05) is 0 Å². The van der Waals surface area contributed by atoms with E-state index < -0.39 is 0 Å². The number of hydrogen-bond acceptors (Lipinski definition) is 6. The van der Waals surface area contributed by atoms with Gasteiger partial charge >= 0.3 is 0 Å². The van der Waals surface area contributed by atoms with E-state index in [1.54, 1.807) is 18.0 Å². The summed E-state index contributed by atoms with van der Waals surface area (Å²) in [7, 11) is 0. The number of hydrazine groups is 1. The molecule has 1 rings (SSSR count). The summed E-state index contributed by atoms with van der Waals surface area (Å²) in [5.41, 5.74) is 2.49. The molecule has 0 unspecified atom stereocenters. The van der Waals surface area contributed by atoms with Crippen molar-refractivity contribution in [2.75, 3.05) is 17.8 Å². The maximum absolute atomic E-state index is 8.53. The number of nitrogens with one attached hydrogen (secondary N) is 1. The molecule has 0 saturated heterocycles. The van der Waals surface area contributed by atoms with Gasteiger partial charge < -0.3 is 5.11 Å². The van der Waals surface area contributed by atoms with Gasteiger partial charge in [0, 0.05) is 22.6 Å². The fraction of sp³-hybridized carbons (Fsp3) is 0.500. The Balaban J connectivity index is 2.31. The van der Waals surface area contributed by atoms with Gasteiger partial charge in [0.2, 0.25) is 0 Å². The standard InChI is InChI=1S/C6H11N3OS2/c7-9-6-8-3-5(12-6)4-11-2-1-10/h3,10H,1-2,4,7H2,(H,8,9). The first-order valence-electron chi connectivity index (χ1n) is 3.46.